The molecule has 0 radical (unpaired) electrons. The summed E-state index contributed by atoms with van der Waals surface area (Å²) in [5, 5.41) is 14.3. The molecule has 1 aliphatic rings. The molecule has 1 fully saturated rings. The highest BCUT2D eigenvalue weighted by Crippen LogP contribution is 2.22. The molecule has 5 N–H and O–H groups in total. The van der Waals surface area contributed by atoms with Crippen LogP contribution in [0.5, 0.6) is 0 Å². The number of hydrogen-bond donors (Lipinski definition) is 4. The van der Waals surface area contributed by atoms with E-state index >= 15 is 0 Å². The standard InChI is InChI=1S/C21H25N5/c1-15-10-16(13-26-19-3-4-19)2-5-21(15)25-9-6-17-14-24-8-7-20(17)18(11-22)12-23/h2,5-12,14,19,22,25-26H,3-4,13,23H2,1H3/b9-6+,18-12+,22-11?. The SMILES string of the molecule is Cc1cc(CNC2CC2)ccc1N/C=C/c1cnccc1/C(C=N)=C/N. The summed E-state index contributed by atoms with van der Waals surface area (Å²) >= 11 is 0. The van der Waals surface area contributed by atoms with E-state index in [9.17, 15) is 0 Å². The number of aryl methyl sites for hydroxylation is 1. The monoisotopic (exact) mass is 347 g/mol. The fourth-order valence-corrected chi connectivity index (χ4v) is 2.79. The minimum Gasteiger partial charge on any atom is -0.404 e. The Bertz CT molecular complexity index is 834. The number of nitrogens with zero attached hydrogens (tertiary/aromatic N) is 1. The van der Waals surface area contributed by atoms with Gasteiger partial charge in [0.1, 0.15) is 0 Å². The van der Waals surface area contributed by atoms with Crippen LogP contribution in [0.15, 0.2) is 49.1 Å². The van der Waals surface area contributed by atoms with E-state index in [1.54, 1.807) is 12.4 Å². The predicted octanol–water partition coefficient (Wildman–Crippen LogP) is 3.67. The van der Waals surface area contributed by atoms with Crippen molar-refractivity contribution < 1.29 is 0 Å². The van der Waals surface area contributed by atoms with Crippen LogP contribution >= 0.6 is 0 Å². The van der Waals surface area contributed by atoms with E-state index in [-0.39, 0.29) is 0 Å². The molecule has 1 heterocycles. The van der Waals surface area contributed by atoms with E-state index in [4.69, 9.17) is 11.1 Å². The molecule has 1 saturated carbocycles. The molecule has 0 bridgehead atoms. The maximum atomic E-state index is 7.48. The van der Waals surface area contributed by atoms with E-state index < -0.39 is 0 Å². The van der Waals surface area contributed by atoms with Gasteiger partial charge >= 0.3 is 0 Å². The molecule has 5 heteroatoms. The Hall–Kier alpha value is -2.92. The molecular formula is C21H25N5. The van der Waals surface area contributed by atoms with Crippen molar-refractivity contribution in [3.05, 3.63) is 71.3 Å². The maximum Gasteiger partial charge on any atom is 0.0409 e. The molecule has 2 aromatic rings. The van der Waals surface area contributed by atoms with Gasteiger partial charge in [-0.1, -0.05) is 12.1 Å². The van der Waals surface area contributed by atoms with Crippen LogP contribution in [0.4, 0.5) is 5.69 Å². The smallest absolute Gasteiger partial charge is 0.0409 e. The second-order valence-corrected chi connectivity index (χ2v) is 6.51. The largest absolute Gasteiger partial charge is 0.404 e. The van der Waals surface area contributed by atoms with Crippen molar-refractivity contribution in [3.8, 4) is 0 Å². The van der Waals surface area contributed by atoms with Gasteiger partial charge in [0.05, 0.1) is 0 Å². The summed E-state index contributed by atoms with van der Waals surface area (Å²) in [6, 6.07) is 9.05. The average Bonchev–Trinajstić information content (AvgIpc) is 3.48. The molecule has 26 heavy (non-hydrogen) atoms. The molecule has 0 aliphatic heterocycles. The summed E-state index contributed by atoms with van der Waals surface area (Å²) in [7, 11) is 0. The lowest BCUT2D eigenvalue weighted by Gasteiger charge is -2.10. The molecule has 1 aromatic heterocycles. The summed E-state index contributed by atoms with van der Waals surface area (Å²) in [6.45, 7) is 3.04. The zero-order valence-corrected chi connectivity index (χ0v) is 15.0. The minimum atomic E-state index is 0.663. The normalized spacial score (nSPS) is 14.6. The molecule has 0 saturated heterocycles. The number of allylic oxidation sites excluding steroid dienone is 1. The molecule has 0 atom stereocenters. The molecular weight excluding hydrogens is 322 g/mol. The van der Waals surface area contributed by atoms with E-state index in [1.807, 2.05) is 18.3 Å². The average molecular weight is 347 g/mol. The Balaban J connectivity index is 1.68. The van der Waals surface area contributed by atoms with Crippen LogP contribution in [0.1, 0.15) is 35.1 Å². The zero-order chi connectivity index (χ0) is 18.4. The molecule has 5 nitrogen and oxygen atoms in total. The number of benzene rings is 1. The third kappa shape index (κ3) is 4.58. The molecule has 134 valence electrons. The molecule has 0 unspecified atom stereocenters. The molecule has 3 rings (SSSR count). The van der Waals surface area contributed by atoms with Gasteiger partial charge in [0.25, 0.3) is 0 Å². The van der Waals surface area contributed by atoms with Crippen molar-refractivity contribution in [1.82, 2.24) is 10.3 Å². The first-order chi connectivity index (χ1) is 12.7. The van der Waals surface area contributed by atoms with Crippen molar-refractivity contribution in [2.45, 2.75) is 32.4 Å². The van der Waals surface area contributed by atoms with Crippen LogP contribution in [0, 0.1) is 12.3 Å². The first-order valence-electron chi connectivity index (χ1n) is 8.84. The number of nitrogens with one attached hydrogen (secondary N) is 3. The minimum absolute atomic E-state index is 0.663. The first-order valence-corrected chi connectivity index (χ1v) is 8.84. The Kier molecular flexibility index (Phi) is 5.81. The van der Waals surface area contributed by atoms with E-state index in [0.29, 0.717) is 5.57 Å². The Labute approximate surface area is 154 Å². The van der Waals surface area contributed by atoms with Gasteiger partial charge in [0.2, 0.25) is 0 Å². The second kappa shape index (κ2) is 8.45. The Morgan fingerprint density at radius 3 is 2.88 bits per heavy atom. The highest BCUT2D eigenvalue weighted by molar-refractivity contribution is 6.09. The van der Waals surface area contributed by atoms with Gasteiger partial charge in [-0.3, -0.25) is 4.98 Å². The number of nitrogens with two attached hydrogens (primary N) is 1. The quantitative estimate of drug-likeness (QED) is 0.549. The highest BCUT2D eigenvalue weighted by atomic mass is 14.9. The zero-order valence-electron chi connectivity index (χ0n) is 15.0. The third-order valence-electron chi connectivity index (χ3n) is 4.46. The van der Waals surface area contributed by atoms with Crippen LogP contribution in [-0.4, -0.2) is 17.2 Å². The lowest BCUT2D eigenvalue weighted by atomic mass is 10.0. The summed E-state index contributed by atoms with van der Waals surface area (Å²) in [5.74, 6) is 0. The fraction of sp³-hybridized carbons (Fsp3) is 0.238. The van der Waals surface area contributed by atoms with Crippen molar-refractivity contribution in [2.75, 3.05) is 5.32 Å². The second-order valence-electron chi connectivity index (χ2n) is 6.51. The molecule has 0 amide bonds. The topological polar surface area (TPSA) is 86.8 Å². The van der Waals surface area contributed by atoms with Gasteiger partial charge in [0.15, 0.2) is 0 Å². The van der Waals surface area contributed by atoms with Gasteiger partial charge in [0, 0.05) is 60.4 Å². The van der Waals surface area contributed by atoms with Gasteiger partial charge < -0.3 is 21.8 Å². The van der Waals surface area contributed by atoms with Gasteiger partial charge in [-0.25, -0.2) is 0 Å². The lowest BCUT2D eigenvalue weighted by molar-refractivity contribution is 0.687. The number of pyridine rings is 1. The Morgan fingerprint density at radius 2 is 2.19 bits per heavy atom. The van der Waals surface area contributed by atoms with Crippen LogP contribution in [0.3, 0.4) is 0 Å². The van der Waals surface area contributed by atoms with Crippen LogP contribution in [-0.2, 0) is 6.54 Å². The van der Waals surface area contributed by atoms with Gasteiger partial charge in [-0.2, -0.15) is 0 Å². The number of anilines is 1. The van der Waals surface area contributed by atoms with Crippen molar-refractivity contribution in [1.29, 1.82) is 5.41 Å². The summed E-state index contributed by atoms with van der Waals surface area (Å²) in [6.07, 6.45) is 12.6. The lowest BCUT2D eigenvalue weighted by Crippen LogP contribution is -2.15. The maximum absolute atomic E-state index is 7.48. The van der Waals surface area contributed by atoms with Crippen LogP contribution in [0.25, 0.3) is 11.6 Å². The Morgan fingerprint density at radius 1 is 1.35 bits per heavy atom. The van der Waals surface area contributed by atoms with Gasteiger partial charge in [-0.05, 0) is 54.7 Å². The van der Waals surface area contributed by atoms with Crippen molar-refractivity contribution >= 4 is 23.6 Å². The molecule has 0 spiro atoms. The fourth-order valence-electron chi connectivity index (χ4n) is 2.79. The summed E-state index contributed by atoms with van der Waals surface area (Å²) in [5.41, 5.74) is 11.6. The third-order valence-corrected chi connectivity index (χ3v) is 4.46. The van der Waals surface area contributed by atoms with Crippen molar-refractivity contribution in [2.24, 2.45) is 5.73 Å². The summed E-state index contributed by atoms with van der Waals surface area (Å²) in [4.78, 5) is 4.16. The first kappa shape index (κ1) is 17.9. The van der Waals surface area contributed by atoms with E-state index in [2.05, 4.69) is 40.7 Å². The predicted molar refractivity (Wildman–Crippen MR) is 109 cm³/mol. The highest BCUT2D eigenvalue weighted by Gasteiger charge is 2.19. The van der Waals surface area contributed by atoms with Crippen molar-refractivity contribution in [3.63, 3.8) is 0 Å². The number of rotatable bonds is 8. The summed E-state index contributed by atoms with van der Waals surface area (Å²) < 4.78 is 0. The molecule has 1 aliphatic carbocycles. The van der Waals surface area contributed by atoms with Crippen LogP contribution in [0.2, 0.25) is 0 Å². The molecule has 1 aromatic carbocycles. The van der Waals surface area contributed by atoms with E-state index in [1.165, 1.54) is 36.4 Å². The van der Waals surface area contributed by atoms with Gasteiger partial charge in [-0.15, -0.1) is 0 Å². The number of hydrogen-bond acceptors (Lipinski definition) is 5. The van der Waals surface area contributed by atoms with Crippen LogP contribution < -0.4 is 16.4 Å². The number of aromatic nitrogens is 1. The van der Waals surface area contributed by atoms with E-state index in [0.717, 1.165) is 29.4 Å².